The molecule has 0 aromatic heterocycles. The second kappa shape index (κ2) is 4.75. The minimum absolute atomic E-state index is 0.0511. The Kier molecular flexibility index (Phi) is 3.15. The Balaban J connectivity index is 2.28. The molecule has 1 aliphatic rings. The summed E-state index contributed by atoms with van der Waals surface area (Å²) in [5.74, 6) is 1.44. The average Bonchev–Trinajstić information content (AvgIpc) is 2.39. The summed E-state index contributed by atoms with van der Waals surface area (Å²) in [6.45, 7) is 0. The van der Waals surface area contributed by atoms with Crippen LogP contribution in [0.1, 0.15) is 11.7 Å². The molecule has 0 bridgehead atoms. The molecule has 0 spiro atoms. The highest BCUT2D eigenvalue weighted by molar-refractivity contribution is 5.44. The van der Waals surface area contributed by atoms with Crippen LogP contribution in [0.2, 0.25) is 0 Å². The minimum Gasteiger partial charge on any atom is -0.493 e. The van der Waals surface area contributed by atoms with Crippen LogP contribution in [0.5, 0.6) is 11.5 Å². The molecule has 1 aromatic carbocycles. The lowest BCUT2D eigenvalue weighted by Gasteiger charge is -2.17. The predicted molar refractivity (Wildman–Crippen MR) is 61.7 cm³/mol. The van der Waals surface area contributed by atoms with Crippen molar-refractivity contribution >= 4 is 0 Å². The maximum Gasteiger partial charge on any atom is 0.161 e. The Hall–Kier alpha value is -1.90. The van der Waals surface area contributed by atoms with E-state index in [2.05, 4.69) is 0 Å². The first-order valence-electron chi connectivity index (χ1n) is 5.06. The van der Waals surface area contributed by atoms with Gasteiger partial charge in [-0.2, -0.15) is 0 Å². The van der Waals surface area contributed by atoms with Gasteiger partial charge in [0.2, 0.25) is 0 Å². The molecule has 0 saturated carbocycles. The first-order chi connectivity index (χ1) is 7.85. The Morgan fingerprint density at radius 1 is 1.06 bits per heavy atom. The van der Waals surface area contributed by atoms with E-state index in [9.17, 15) is 0 Å². The van der Waals surface area contributed by atoms with Gasteiger partial charge in [0.15, 0.2) is 11.5 Å². The van der Waals surface area contributed by atoms with E-state index in [1.807, 2.05) is 36.4 Å². The summed E-state index contributed by atoms with van der Waals surface area (Å²) in [5, 5.41) is 0. The van der Waals surface area contributed by atoms with Crippen molar-refractivity contribution in [1.82, 2.24) is 0 Å². The number of allylic oxidation sites excluding steroid dienone is 2. The Labute approximate surface area is 94.9 Å². The van der Waals surface area contributed by atoms with Gasteiger partial charge >= 0.3 is 0 Å². The van der Waals surface area contributed by atoms with E-state index in [0.29, 0.717) is 5.75 Å². The monoisotopic (exact) mass is 218 g/mol. The van der Waals surface area contributed by atoms with Crippen LogP contribution in [0.25, 0.3) is 0 Å². The normalized spacial score (nSPS) is 18.0. The molecule has 1 atom stereocenters. The summed E-state index contributed by atoms with van der Waals surface area (Å²) in [6, 6.07) is 5.77. The van der Waals surface area contributed by atoms with E-state index in [4.69, 9.17) is 14.2 Å². The molecule has 1 aliphatic heterocycles. The zero-order valence-corrected chi connectivity index (χ0v) is 9.34. The van der Waals surface area contributed by atoms with Crippen molar-refractivity contribution in [2.45, 2.75) is 6.10 Å². The Bertz CT molecular complexity index is 421. The predicted octanol–water partition coefficient (Wildman–Crippen LogP) is 2.85. The van der Waals surface area contributed by atoms with Crippen molar-refractivity contribution in [3.8, 4) is 11.5 Å². The molecule has 84 valence electrons. The van der Waals surface area contributed by atoms with Gasteiger partial charge in [0.25, 0.3) is 0 Å². The number of rotatable bonds is 3. The molecule has 0 radical (unpaired) electrons. The second-order valence-electron chi connectivity index (χ2n) is 3.38. The maximum absolute atomic E-state index is 5.47. The van der Waals surface area contributed by atoms with Crippen LogP contribution in [0.4, 0.5) is 0 Å². The summed E-state index contributed by atoms with van der Waals surface area (Å²) in [4.78, 5) is 0. The van der Waals surface area contributed by atoms with Crippen molar-refractivity contribution in [3.05, 3.63) is 48.3 Å². The molecule has 0 saturated heterocycles. The van der Waals surface area contributed by atoms with Crippen LogP contribution >= 0.6 is 0 Å². The molecule has 1 heterocycles. The molecule has 3 heteroatoms. The summed E-state index contributed by atoms with van der Waals surface area (Å²) in [5.41, 5.74) is 1.04. The largest absolute Gasteiger partial charge is 0.493 e. The van der Waals surface area contributed by atoms with Crippen LogP contribution in [0, 0.1) is 0 Å². The molecular formula is C13H14O3. The summed E-state index contributed by atoms with van der Waals surface area (Å²) >= 11 is 0. The third-order valence-electron chi connectivity index (χ3n) is 2.44. The third-order valence-corrected chi connectivity index (χ3v) is 2.44. The summed E-state index contributed by atoms with van der Waals surface area (Å²) in [6.07, 6.45) is 7.44. The van der Waals surface area contributed by atoms with E-state index < -0.39 is 0 Å². The van der Waals surface area contributed by atoms with E-state index >= 15 is 0 Å². The SMILES string of the molecule is COc1ccc(C2C=CC=CO2)cc1OC. The maximum atomic E-state index is 5.47. The van der Waals surface area contributed by atoms with Gasteiger partial charge in [-0.3, -0.25) is 0 Å². The van der Waals surface area contributed by atoms with Crippen molar-refractivity contribution in [1.29, 1.82) is 0 Å². The number of ether oxygens (including phenoxy) is 3. The number of hydrogen-bond acceptors (Lipinski definition) is 3. The van der Waals surface area contributed by atoms with Gasteiger partial charge < -0.3 is 14.2 Å². The van der Waals surface area contributed by atoms with Gasteiger partial charge in [-0.15, -0.1) is 0 Å². The van der Waals surface area contributed by atoms with E-state index in [-0.39, 0.29) is 6.10 Å². The molecule has 1 unspecified atom stereocenters. The Morgan fingerprint density at radius 2 is 1.88 bits per heavy atom. The van der Waals surface area contributed by atoms with Gasteiger partial charge in [-0.25, -0.2) is 0 Å². The minimum atomic E-state index is -0.0511. The average molecular weight is 218 g/mol. The lowest BCUT2D eigenvalue weighted by atomic mass is 10.1. The molecule has 0 fully saturated rings. The van der Waals surface area contributed by atoms with Gasteiger partial charge in [0.1, 0.15) is 6.10 Å². The fourth-order valence-electron chi connectivity index (χ4n) is 1.61. The zero-order valence-electron chi connectivity index (χ0n) is 9.34. The molecule has 1 aromatic rings. The van der Waals surface area contributed by atoms with E-state index in [1.165, 1.54) is 0 Å². The van der Waals surface area contributed by atoms with Crippen LogP contribution < -0.4 is 9.47 Å². The fourth-order valence-corrected chi connectivity index (χ4v) is 1.61. The van der Waals surface area contributed by atoms with Crippen LogP contribution in [0.3, 0.4) is 0 Å². The van der Waals surface area contributed by atoms with Crippen molar-refractivity contribution in [3.63, 3.8) is 0 Å². The molecule has 3 nitrogen and oxygen atoms in total. The van der Waals surface area contributed by atoms with Crippen LogP contribution in [-0.4, -0.2) is 14.2 Å². The molecule has 16 heavy (non-hydrogen) atoms. The van der Waals surface area contributed by atoms with Crippen molar-refractivity contribution < 1.29 is 14.2 Å². The summed E-state index contributed by atoms with van der Waals surface area (Å²) in [7, 11) is 3.25. The van der Waals surface area contributed by atoms with Gasteiger partial charge in [-0.1, -0.05) is 12.1 Å². The highest BCUT2D eigenvalue weighted by Crippen LogP contribution is 2.32. The van der Waals surface area contributed by atoms with Gasteiger partial charge in [0, 0.05) is 5.56 Å². The fraction of sp³-hybridized carbons (Fsp3) is 0.231. The standard InChI is InChI=1S/C13H14O3/c1-14-12-7-6-10(9-13(12)15-2)11-5-3-4-8-16-11/h3-9,11H,1-2H3. The molecule has 0 amide bonds. The Morgan fingerprint density at radius 3 is 2.50 bits per heavy atom. The molecule has 0 aliphatic carbocycles. The quantitative estimate of drug-likeness (QED) is 0.780. The van der Waals surface area contributed by atoms with Crippen molar-refractivity contribution in [2.24, 2.45) is 0 Å². The van der Waals surface area contributed by atoms with E-state index in [0.717, 1.165) is 11.3 Å². The zero-order chi connectivity index (χ0) is 11.4. The third kappa shape index (κ3) is 2.03. The van der Waals surface area contributed by atoms with Gasteiger partial charge in [0.05, 0.1) is 20.5 Å². The number of benzene rings is 1. The smallest absolute Gasteiger partial charge is 0.161 e. The second-order valence-corrected chi connectivity index (χ2v) is 3.38. The van der Waals surface area contributed by atoms with Gasteiger partial charge in [-0.05, 0) is 24.3 Å². The summed E-state index contributed by atoms with van der Waals surface area (Å²) < 4.78 is 15.9. The van der Waals surface area contributed by atoms with Crippen molar-refractivity contribution in [2.75, 3.05) is 14.2 Å². The lowest BCUT2D eigenvalue weighted by molar-refractivity contribution is 0.186. The highest BCUT2D eigenvalue weighted by Gasteiger charge is 2.12. The van der Waals surface area contributed by atoms with E-state index in [1.54, 1.807) is 20.5 Å². The number of hydrogen-bond donors (Lipinski definition) is 0. The molecular weight excluding hydrogens is 204 g/mol. The topological polar surface area (TPSA) is 27.7 Å². The molecule has 2 rings (SSSR count). The first kappa shape index (κ1) is 10.6. The molecule has 0 N–H and O–H groups in total. The highest BCUT2D eigenvalue weighted by atomic mass is 16.5. The van der Waals surface area contributed by atoms with Crippen LogP contribution in [0.15, 0.2) is 42.7 Å². The first-order valence-corrected chi connectivity index (χ1v) is 5.06. The van der Waals surface area contributed by atoms with Crippen LogP contribution in [-0.2, 0) is 4.74 Å². The number of methoxy groups -OCH3 is 2. The lowest BCUT2D eigenvalue weighted by Crippen LogP contribution is -2.00.